The number of benzene rings is 1. The van der Waals surface area contributed by atoms with Crippen molar-refractivity contribution in [2.45, 2.75) is 32.2 Å². The highest BCUT2D eigenvalue weighted by molar-refractivity contribution is 5.81. The molecule has 22 heavy (non-hydrogen) atoms. The van der Waals surface area contributed by atoms with Gasteiger partial charge >= 0.3 is 5.97 Å². The second-order valence-corrected chi connectivity index (χ2v) is 5.94. The zero-order valence-electron chi connectivity index (χ0n) is 13.3. The van der Waals surface area contributed by atoms with Gasteiger partial charge in [-0.2, -0.15) is 0 Å². The first-order valence-electron chi connectivity index (χ1n) is 7.57. The quantitative estimate of drug-likeness (QED) is 0.908. The zero-order valence-corrected chi connectivity index (χ0v) is 13.3. The van der Waals surface area contributed by atoms with Gasteiger partial charge in [0.05, 0.1) is 19.1 Å². The van der Waals surface area contributed by atoms with E-state index in [0.717, 1.165) is 11.3 Å². The molecule has 2 rings (SSSR count). The van der Waals surface area contributed by atoms with E-state index in [2.05, 4.69) is 0 Å². The summed E-state index contributed by atoms with van der Waals surface area (Å²) < 4.78 is 5.14. The maximum atomic E-state index is 12.6. The number of carbonyl (C=O) groups excluding carboxylic acids is 1. The zero-order chi connectivity index (χ0) is 16.3. The molecule has 0 aromatic heterocycles. The molecule has 0 heterocycles. The molecule has 1 aliphatic rings. The molecule has 1 unspecified atom stereocenters. The predicted molar refractivity (Wildman–Crippen MR) is 82.6 cm³/mol. The van der Waals surface area contributed by atoms with Crippen LogP contribution in [0, 0.1) is 11.8 Å². The highest BCUT2D eigenvalue weighted by Crippen LogP contribution is 2.34. The average molecular weight is 305 g/mol. The molecule has 1 N–H and O–H groups in total. The summed E-state index contributed by atoms with van der Waals surface area (Å²) in [5, 5.41) is 9.05. The van der Waals surface area contributed by atoms with E-state index in [4.69, 9.17) is 9.84 Å². The maximum Gasteiger partial charge on any atom is 0.306 e. The predicted octanol–water partition coefficient (Wildman–Crippen LogP) is 2.72. The molecule has 120 valence electrons. The van der Waals surface area contributed by atoms with Crippen molar-refractivity contribution >= 4 is 11.9 Å². The number of carbonyl (C=O) groups is 2. The van der Waals surface area contributed by atoms with E-state index in [1.807, 2.05) is 31.2 Å². The van der Waals surface area contributed by atoms with Gasteiger partial charge in [-0.3, -0.25) is 9.59 Å². The van der Waals surface area contributed by atoms with Gasteiger partial charge in [0.2, 0.25) is 5.91 Å². The average Bonchev–Trinajstić information content (AvgIpc) is 3.03. The van der Waals surface area contributed by atoms with Crippen molar-refractivity contribution in [1.82, 2.24) is 4.90 Å². The van der Waals surface area contributed by atoms with Crippen molar-refractivity contribution in [3.8, 4) is 5.75 Å². The Bertz CT molecular complexity index is 540. The third-order valence-corrected chi connectivity index (χ3v) is 4.66. The van der Waals surface area contributed by atoms with E-state index in [1.54, 1.807) is 19.1 Å². The Kier molecular flexibility index (Phi) is 5.06. The monoisotopic (exact) mass is 305 g/mol. The van der Waals surface area contributed by atoms with Crippen LogP contribution >= 0.6 is 0 Å². The molecule has 1 amide bonds. The van der Waals surface area contributed by atoms with E-state index in [9.17, 15) is 9.59 Å². The number of aliphatic carboxylic acids is 1. The van der Waals surface area contributed by atoms with Crippen LogP contribution in [0.4, 0.5) is 0 Å². The van der Waals surface area contributed by atoms with Crippen molar-refractivity contribution in [3.63, 3.8) is 0 Å². The van der Waals surface area contributed by atoms with E-state index in [-0.39, 0.29) is 23.8 Å². The number of hydrogen-bond acceptors (Lipinski definition) is 3. The Balaban J connectivity index is 2.01. The van der Waals surface area contributed by atoms with Crippen LogP contribution in [-0.4, -0.2) is 36.0 Å². The Labute approximate surface area is 130 Å². The molecular weight excluding hydrogens is 282 g/mol. The Morgan fingerprint density at radius 2 is 1.82 bits per heavy atom. The van der Waals surface area contributed by atoms with Crippen molar-refractivity contribution in [1.29, 1.82) is 0 Å². The summed E-state index contributed by atoms with van der Waals surface area (Å²) in [6.07, 6.45) is 1.71. The second kappa shape index (κ2) is 6.81. The standard InChI is InChI=1S/C17H23NO4/c1-11(12-6-8-15(22-3)9-7-12)18(2)16(19)13-4-5-14(10-13)17(20)21/h6-9,11,13-14H,4-5,10H2,1-3H3,(H,20,21)/t11?,13-,14+/m1/s1. The minimum atomic E-state index is -0.791. The lowest BCUT2D eigenvalue weighted by molar-refractivity contribution is -0.141. The molecule has 1 fully saturated rings. The van der Waals surface area contributed by atoms with Crippen LogP contribution in [0.1, 0.15) is 37.8 Å². The number of carboxylic acids is 1. The second-order valence-electron chi connectivity index (χ2n) is 5.94. The lowest BCUT2D eigenvalue weighted by Gasteiger charge is -2.28. The van der Waals surface area contributed by atoms with Gasteiger partial charge in [-0.05, 0) is 43.9 Å². The Morgan fingerprint density at radius 1 is 1.23 bits per heavy atom. The van der Waals surface area contributed by atoms with Gasteiger partial charge in [-0.15, -0.1) is 0 Å². The molecule has 1 aromatic rings. The molecule has 1 saturated carbocycles. The number of hydrogen-bond donors (Lipinski definition) is 1. The molecule has 1 aromatic carbocycles. The highest BCUT2D eigenvalue weighted by atomic mass is 16.5. The highest BCUT2D eigenvalue weighted by Gasteiger charge is 2.36. The molecule has 0 saturated heterocycles. The first-order chi connectivity index (χ1) is 10.4. The lowest BCUT2D eigenvalue weighted by Crippen LogP contribution is -2.34. The van der Waals surface area contributed by atoms with Crippen LogP contribution in [0.2, 0.25) is 0 Å². The summed E-state index contributed by atoms with van der Waals surface area (Å²) in [4.78, 5) is 25.3. The van der Waals surface area contributed by atoms with E-state index < -0.39 is 5.97 Å². The number of ether oxygens (including phenoxy) is 1. The van der Waals surface area contributed by atoms with Crippen LogP contribution < -0.4 is 4.74 Å². The molecule has 5 heteroatoms. The topological polar surface area (TPSA) is 66.8 Å². The number of methoxy groups -OCH3 is 1. The van der Waals surface area contributed by atoms with Crippen molar-refractivity contribution in [2.75, 3.05) is 14.2 Å². The Morgan fingerprint density at radius 3 is 2.32 bits per heavy atom. The normalized spacial score (nSPS) is 22.1. The van der Waals surface area contributed by atoms with Gasteiger partial charge in [0.15, 0.2) is 0 Å². The van der Waals surface area contributed by atoms with Gasteiger partial charge in [0.25, 0.3) is 0 Å². The molecule has 5 nitrogen and oxygen atoms in total. The van der Waals surface area contributed by atoms with Crippen LogP contribution in [-0.2, 0) is 9.59 Å². The van der Waals surface area contributed by atoms with Gasteiger partial charge in [-0.1, -0.05) is 12.1 Å². The maximum absolute atomic E-state index is 12.6. The lowest BCUT2D eigenvalue weighted by atomic mass is 10.0. The first-order valence-corrected chi connectivity index (χ1v) is 7.57. The molecular formula is C17H23NO4. The summed E-state index contributed by atoms with van der Waals surface area (Å²) in [5.41, 5.74) is 1.03. The van der Waals surface area contributed by atoms with Crippen LogP contribution in [0.3, 0.4) is 0 Å². The summed E-state index contributed by atoms with van der Waals surface area (Å²) in [7, 11) is 3.40. The van der Waals surface area contributed by atoms with E-state index in [0.29, 0.717) is 19.3 Å². The fraction of sp³-hybridized carbons (Fsp3) is 0.529. The molecule has 0 aliphatic heterocycles. The largest absolute Gasteiger partial charge is 0.497 e. The van der Waals surface area contributed by atoms with Crippen LogP contribution in [0.25, 0.3) is 0 Å². The Hall–Kier alpha value is -2.04. The number of amides is 1. The van der Waals surface area contributed by atoms with Gasteiger partial charge in [-0.25, -0.2) is 0 Å². The smallest absolute Gasteiger partial charge is 0.306 e. The summed E-state index contributed by atoms with van der Waals surface area (Å²) >= 11 is 0. The van der Waals surface area contributed by atoms with Gasteiger partial charge in [0, 0.05) is 13.0 Å². The third kappa shape index (κ3) is 3.40. The molecule has 0 spiro atoms. The summed E-state index contributed by atoms with van der Waals surface area (Å²) in [6, 6.07) is 7.59. The third-order valence-electron chi connectivity index (χ3n) is 4.66. The van der Waals surface area contributed by atoms with Gasteiger partial charge in [0.1, 0.15) is 5.75 Å². The molecule has 1 aliphatic carbocycles. The minimum absolute atomic E-state index is 0.0343. The van der Waals surface area contributed by atoms with Crippen molar-refractivity contribution in [2.24, 2.45) is 11.8 Å². The van der Waals surface area contributed by atoms with Crippen molar-refractivity contribution in [3.05, 3.63) is 29.8 Å². The molecule has 0 bridgehead atoms. The fourth-order valence-electron chi connectivity index (χ4n) is 3.01. The molecule has 3 atom stereocenters. The fourth-order valence-corrected chi connectivity index (χ4v) is 3.01. The van der Waals surface area contributed by atoms with E-state index >= 15 is 0 Å². The summed E-state index contributed by atoms with van der Waals surface area (Å²) in [5.74, 6) is -0.524. The number of nitrogens with zero attached hydrogens (tertiary/aromatic N) is 1. The first kappa shape index (κ1) is 16.3. The van der Waals surface area contributed by atoms with Crippen molar-refractivity contribution < 1.29 is 19.4 Å². The van der Waals surface area contributed by atoms with Crippen LogP contribution in [0.15, 0.2) is 24.3 Å². The minimum Gasteiger partial charge on any atom is -0.497 e. The van der Waals surface area contributed by atoms with Crippen LogP contribution in [0.5, 0.6) is 5.75 Å². The number of rotatable bonds is 5. The van der Waals surface area contributed by atoms with E-state index in [1.165, 1.54) is 0 Å². The molecule has 0 radical (unpaired) electrons. The van der Waals surface area contributed by atoms with Gasteiger partial charge < -0.3 is 14.7 Å². The number of carboxylic acid groups (broad SMARTS) is 1. The SMILES string of the molecule is COc1ccc(C(C)N(C)C(=O)[C@@H]2CC[C@H](C(=O)O)C2)cc1. The summed E-state index contributed by atoms with van der Waals surface area (Å²) in [6.45, 7) is 1.98.